The third-order valence-electron chi connectivity index (χ3n) is 11.9. The van der Waals surface area contributed by atoms with E-state index >= 15 is 0 Å². The van der Waals surface area contributed by atoms with Gasteiger partial charge in [-0.3, -0.25) is 0 Å². The number of nitrogens with zero attached hydrogens (tertiary/aromatic N) is 2. The van der Waals surface area contributed by atoms with E-state index in [1.54, 1.807) is 0 Å². The number of hydrogen-bond donors (Lipinski definition) is 0. The number of allylic oxidation sites excluding steroid dienone is 9. The molecule has 0 aromatic heterocycles. The molecule has 2 heteroatoms. The van der Waals surface area contributed by atoms with Crippen LogP contribution in [-0.4, -0.2) is 0 Å². The quantitative estimate of drug-likeness (QED) is 0.164. The minimum Gasteiger partial charge on any atom is -0.313 e. The van der Waals surface area contributed by atoms with Crippen LogP contribution in [-0.2, 0) is 6.42 Å². The maximum Gasteiger partial charge on any atom is 0.0540 e. The van der Waals surface area contributed by atoms with E-state index in [0.717, 1.165) is 25.7 Å². The molecule has 54 heavy (non-hydrogen) atoms. The highest BCUT2D eigenvalue weighted by Crippen LogP contribution is 2.45. The lowest BCUT2D eigenvalue weighted by molar-refractivity contribution is 0.463. The van der Waals surface area contributed by atoms with E-state index in [9.17, 15) is 0 Å². The molecule has 6 aromatic carbocycles. The first-order valence-electron chi connectivity index (χ1n) is 19.7. The molecule has 0 fully saturated rings. The zero-order chi connectivity index (χ0) is 35.8. The van der Waals surface area contributed by atoms with E-state index in [0.29, 0.717) is 17.8 Å². The van der Waals surface area contributed by atoms with Gasteiger partial charge in [0.1, 0.15) is 0 Å². The average molecular weight is 697 g/mol. The van der Waals surface area contributed by atoms with Crippen LogP contribution < -0.4 is 9.80 Å². The van der Waals surface area contributed by atoms with Gasteiger partial charge in [-0.05, 0) is 90.3 Å². The molecule has 4 aliphatic rings. The summed E-state index contributed by atoms with van der Waals surface area (Å²) in [6.07, 6.45) is 26.8. The van der Waals surface area contributed by atoms with Gasteiger partial charge in [-0.1, -0.05) is 158 Å². The van der Waals surface area contributed by atoms with Crippen LogP contribution in [0.15, 0.2) is 200 Å². The number of hydrogen-bond acceptors (Lipinski definition) is 2. The van der Waals surface area contributed by atoms with Gasteiger partial charge in [-0.2, -0.15) is 0 Å². The molecule has 262 valence electrons. The first-order valence-corrected chi connectivity index (χ1v) is 19.7. The van der Waals surface area contributed by atoms with Crippen molar-refractivity contribution in [1.82, 2.24) is 0 Å². The molecule has 0 bridgehead atoms. The van der Waals surface area contributed by atoms with Gasteiger partial charge in [0.2, 0.25) is 0 Å². The maximum atomic E-state index is 2.54. The first-order chi connectivity index (χ1) is 26.8. The molecular weight excluding hydrogens is 653 g/mol. The van der Waals surface area contributed by atoms with Gasteiger partial charge in [0.15, 0.2) is 0 Å². The van der Waals surface area contributed by atoms with Crippen LogP contribution in [0.2, 0.25) is 0 Å². The zero-order valence-corrected chi connectivity index (χ0v) is 30.6. The monoisotopic (exact) mass is 696 g/mol. The minimum absolute atomic E-state index is 0.306. The summed E-state index contributed by atoms with van der Waals surface area (Å²) in [6, 6.07) is 49.4. The highest BCUT2D eigenvalue weighted by molar-refractivity contribution is 6.01. The second-order valence-electron chi connectivity index (χ2n) is 15.0. The van der Waals surface area contributed by atoms with Crippen molar-refractivity contribution >= 4 is 44.3 Å². The topological polar surface area (TPSA) is 6.48 Å². The second kappa shape index (κ2) is 14.0. The molecule has 2 nitrogen and oxygen atoms in total. The predicted octanol–water partition coefficient (Wildman–Crippen LogP) is 13.6. The first kappa shape index (κ1) is 32.5. The van der Waals surface area contributed by atoms with Crippen LogP contribution in [0.5, 0.6) is 0 Å². The zero-order valence-electron chi connectivity index (χ0n) is 30.6. The van der Waals surface area contributed by atoms with Gasteiger partial charge in [-0.25, -0.2) is 0 Å². The largest absolute Gasteiger partial charge is 0.313 e. The maximum absolute atomic E-state index is 2.54. The van der Waals surface area contributed by atoms with E-state index in [1.807, 2.05) is 0 Å². The summed E-state index contributed by atoms with van der Waals surface area (Å²) in [7, 11) is 0. The summed E-state index contributed by atoms with van der Waals surface area (Å²) in [5, 5.41) is 5.08. The normalized spacial score (nSPS) is 20.1. The fourth-order valence-electron chi connectivity index (χ4n) is 9.26. The lowest BCUT2D eigenvalue weighted by atomic mass is 9.78. The van der Waals surface area contributed by atoms with Crippen molar-refractivity contribution in [2.75, 3.05) is 9.80 Å². The number of rotatable bonds is 7. The van der Waals surface area contributed by atoms with E-state index in [4.69, 9.17) is 0 Å². The SMILES string of the molecule is C1=CC2CCC=C(N(c3ccc(C4C=CC(N(C5=CCCc6ccccc65)c5cccc6ccccc56)=CC4)cc3)c3cccc4ccccc34)C2C=C1. The van der Waals surface area contributed by atoms with Crippen molar-refractivity contribution in [2.24, 2.45) is 11.8 Å². The van der Waals surface area contributed by atoms with E-state index in [-0.39, 0.29) is 0 Å². The molecule has 3 unspecified atom stereocenters. The Kier molecular flexibility index (Phi) is 8.45. The Bertz CT molecular complexity index is 2550. The highest BCUT2D eigenvalue weighted by atomic mass is 15.2. The molecule has 4 aliphatic carbocycles. The van der Waals surface area contributed by atoms with Gasteiger partial charge < -0.3 is 9.80 Å². The van der Waals surface area contributed by atoms with Gasteiger partial charge in [0.05, 0.1) is 11.4 Å². The summed E-state index contributed by atoms with van der Waals surface area (Å²) < 4.78 is 0. The van der Waals surface area contributed by atoms with E-state index in [2.05, 4.69) is 198 Å². The fourth-order valence-corrected chi connectivity index (χ4v) is 9.26. The van der Waals surface area contributed by atoms with Crippen LogP contribution in [0, 0.1) is 11.8 Å². The van der Waals surface area contributed by atoms with Crippen LogP contribution in [0.4, 0.5) is 17.1 Å². The molecule has 0 saturated carbocycles. The molecular formula is C52H44N2. The van der Waals surface area contributed by atoms with Crippen LogP contribution in [0.1, 0.15) is 48.3 Å². The standard InChI is InChI=1S/C52H44N2/c1-5-21-45-39(13-1)17-9-25-49(45)53(50-26-10-18-40-14-2-6-22-46(40)50)43-33-29-37(30-34-43)38-31-35-44(36-32-38)54(51-27-11-19-41-15-3-7-23-47(41)51)52-28-12-20-42-16-4-8-24-48(42)52/h1-9,11,13-17,19,21-31,33-36,38,40,46H,10,12,18,20,32H2. The minimum atomic E-state index is 0.306. The van der Waals surface area contributed by atoms with Crippen molar-refractivity contribution < 1.29 is 0 Å². The van der Waals surface area contributed by atoms with Gasteiger partial charge in [0, 0.05) is 51.0 Å². The Morgan fingerprint density at radius 1 is 0.537 bits per heavy atom. The van der Waals surface area contributed by atoms with Crippen LogP contribution in [0.25, 0.3) is 27.2 Å². The summed E-state index contributed by atoms with van der Waals surface area (Å²) in [4.78, 5) is 5.05. The molecule has 10 rings (SSSR count). The van der Waals surface area contributed by atoms with Gasteiger partial charge in [-0.15, -0.1) is 0 Å². The van der Waals surface area contributed by atoms with Crippen molar-refractivity contribution in [3.05, 3.63) is 216 Å². The Morgan fingerprint density at radius 2 is 1.22 bits per heavy atom. The number of aryl methyl sites for hydroxylation is 1. The number of anilines is 3. The molecule has 0 N–H and O–H groups in total. The van der Waals surface area contributed by atoms with Crippen molar-refractivity contribution in [3.63, 3.8) is 0 Å². The van der Waals surface area contributed by atoms with Crippen molar-refractivity contribution in [2.45, 2.75) is 38.0 Å². The van der Waals surface area contributed by atoms with Gasteiger partial charge in [0.25, 0.3) is 0 Å². The number of fused-ring (bicyclic) bond motifs is 4. The molecule has 0 heterocycles. The third kappa shape index (κ3) is 5.83. The van der Waals surface area contributed by atoms with Gasteiger partial charge >= 0.3 is 0 Å². The third-order valence-corrected chi connectivity index (χ3v) is 11.9. The average Bonchev–Trinajstić information content (AvgIpc) is 3.25. The van der Waals surface area contributed by atoms with Crippen LogP contribution >= 0.6 is 0 Å². The predicted molar refractivity (Wildman–Crippen MR) is 229 cm³/mol. The summed E-state index contributed by atoms with van der Waals surface area (Å²) in [5.41, 5.74) is 11.7. The lowest BCUT2D eigenvalue weighted by Gasteiger charge is -2.38. The molecule has 0 amide bonds. The van der Waals surface area contributed by atoms with Crippen molar-refractivity contribution in [3.8, 4) is 0 Å². The Labute approximate surface area is 319 Å². The Hall–Kier alpha value is -6.12. The van der Waals surface area contributed by atoms with E-state index < -0.39 is 0 Å². The summed E-state index contributed by atoms with van der Waals surface area (Å²) in [6.45, 7) is 0. The summed E-state index contributed by atoms with van der Waals surface area (Å²) in [5.74, 6) is 1.20. The number of benzene rings is 6. The van der Waals surface area contributed by atoms with Crippen LogP contribution in [0.3, 0.4) is 0 Å². The molecule has 0 aliphatic heterocycles. The molecule has 6 aromatic rings. The van der Waals surface area contributed by atoms with Crippen molar-refractivity contribution in [1.29, 1.82) is 0 Å². The lowest BCUT2D eigenvalue weighted by Crippen LogP contribution is -2.29. The summed E-state index contributed by atoms with van der Waals surface area (Å²) >= 11 is 0. The Balaban J connectivity index is 0.993. The Morgan fingerprint density at radius 3 is 1.98 bits per heavy atom. The van der Waals surface area contributed by atoms with E-state index in [1.165, 1.54) is 78.8 Å². The fraction of sp³-hybridized carbons (Fsp3) is 0.154. The molecule has 0 radical (unpaired) electrons. The highest BCUT2D eigenvalue weighted by Gasteiger charge is 2.31. The molecule has 3 atom stereocenters. The second-order valence-corrected chi connectivity index (χ2v) is 15.0. The molecule has 0 saturated heterocycles. The smallest absolute Gasteiger partial charge is 0.0540 e. The molecule has 0 spiro atoms.